The summed E-state index contributed by atoms with van der Waals surface area (Å²) in [6.45, 7) is -0.371. The molecule has 3 aromatic carbocycles. The topological polar surface area (TPSA) is 51.5 Å². The van der Waals surface area contributed by atoms with Crippen LogP contribution in [0, 0.1) is 28.8 Å². The van der Waals surface area contributed by atoms with E-state index in [9.17, 15) is 0 Å². The summed E-state index contributed by atoms with van der Waals surface area (Å²) in [5, 5.41) is 9.09. The van der Waals surface area contributed by atoms with Crippen molar-refractivity contribution >= 4 is 0 Å². The lowest BCUT2D eigenvalue weighted by atomic mass is 9.94. The van der Waals surface area contributed by atoms with Gasteiger partial charge in [-0.05, 0) is 23.3 Å². The van der Waals surface area contributed by atoms with Crippen LogP contribution >= 0.6 is 0 Å². The second-order valence-corrected chi connectivity index (χ2v) is 6.72. The molecule has 3 aromatic rings. The summed E-state index contributed by atoms with van der Waals surface area (Å²) in [6.07, 6.45) is -1.01. The van der Waals surface area contributed by atoms with Crippen molar-refractivity contribution in [2.45, 2.75) is 12.5 Å². The molecule has 0 N–H and O–H groups in total. The number of rotatable bonds is 8. The number of hydrogen-bond donors (Lipinski definition) is 0. The number of hydrogen-bond acceptors (Lipinski definition) is 4. The Labute approximate surface area is 178 Å². The maximum Gasteiger partial charge on any atom is 0.188 e. The van der Waals surface area contributed by atoms with Gasteiger partial charge in [-0.15, -0.1) is 0 Å². The van der Waals surface area contributed by atoms with Crippen LogP contribution in [0.25, 0.3) is 11.1 Å². The molecule has 1 atom stereocenters. The van der Waals surface area contributed by atoms with Crippen LogP contribution in [-0.2, 0) is 15.9 Å². The predicted molar refractivity (Wildman–Crippen MR) is 109 cm³/mol. The Bertz CT molecular complexity index is 1100. The molecule has 0 aromatic heterocycles. The molecule has 0 saturated heterocycles. The van der Waals surface area contributed by atoms with Crippen LogP contribution in [0.4, 0.5) is 13.2 Å². The zero-order valence-corrected chi connectivity index (χ0v) is 17.0. The Balaban J connectivity index is 2.16. The Morgan fingerprint density at radius 1 is 0.935 bits per heavy atom. The molecular weight excluding hydrogens is 407 g/mol. The largest absolute Gasteiger partial charge is 0.464 e. The summed E-state index contributed by atoms with van der Waals surface area (Å²) in [5.74, 6) is -4.14. The van der Waals surface area contributed by atoms with Gasteiger partial charge in [-0.1, -0.05) is 42.5 Å². The summed E-state index contributed by atoms with van der Waals surface area (Å²) in [6, 6.07) is 16.4. The molecule has 0 saturated carbocycles. The van der Waals surface area contributed by atoms with E-state index in [0.29, 0.717) is 11.1 Å². The highest BCUT2D eigenvalue weighted by Crippen LogP contribution is 2.41. The van der Waals surface area contributed by atoms with Crippen molar-refractivity contribution in [1.29, 1.82) is 5.26 Å². The molecule has 0 aliphatic carbocycles. The van der Waals surface area contributed by atoms with Crippen LogP contribution in [0.1, 0.15) is 22.8 Å². The van der Waals surface area contributed by atoms with Crippen molar-refractivity contribution < 1.29 is 27.4 Å². The van der Waals surface area contributed by atoms with Gasteiger partial charge in [-0.3, -0.25) is 0 Å². The lowest BCUT2D eigenvalue weighted by Crippen LogP contribution is -2.15. The van der Waals surface area contributed by atoms with E-state index < -0.39 is 40.4 Å². The summed E-state index contributed by atoms with van der Waals surface area (Å²) in [4.78, 5) is 0. The summed E-state index contributed by atoms with van der Waals surface area (Å²) in [7, 11) is 2.63. The Morgan fingerprint density at radius 2 is 1.68 bits per heavy atom. The molecule has 0 aliphatic rings. The average Bonchev–Trinajstić information content (AvgIpc) is 2.80. The Kier molecular flexibility index (Phi) is 7.29. The highest BCUT2D eigenvalue weighted by Gasteiger charge is 2.31. The van der Waals surface area contributed by atoms with E-state index in [1.165, 1.54) is 26.4 Å². The van der Waals surface area contributed by atoms with E-state index in [4.69, 9.17) is 19.5 Å². The van der Waals surface area contributed by atoms with Crippen LogP contribution in [0.15, 0.2) is 54.6 Å². The molecule has 160 valence electrons. The number of benzene rings is 3. The monoisotopic (exact) mass is 427 g/mol. The zero-order chi connectivity index (χ0) is 22.4. The van der Waals surface area contributed by atoms with Gasteiger partial charge in [0.25, 0.3) is 0 Å². The van der Waals surface area contributed by atoms with Gasteiger partial charge in [0.05, 0.1) is 28.9 Å². The summed E-state index contributed by atoms with van der Waals surface area (Å²) < 4.78 is 61.4. The lowest BCUT2D eigenvalue weighted by molar-refractivity contribution is 0.0409. The fourth-order valence-electron chi connectivity index (χ4n) is 3.35. The Morgan fingerprint density at radius 3 is 2.32 bits per heavy atom. The third-order valence-electron chi connectivity index (χ3n) is 4.78. The van der Waals surface area contributed by atoms with Gasteiger partial charge in [0, 0.05) is 20.6 Å². The molecule has 0 aliphatic heterocycles. The van der Waals surface area contributed by atoms with E-state index in [0.717, 1.165) is 0 Å². The van der Waals surface area contributed by atoms with Crippen molar-refractivity contribution in [3.05, 3.63) is 88.7 Å². The second kappa shape index (κ2) is 10.1. The minimum Gasteiger partial charge on any atom is -0.464 e. The van der Waals surface area contributed by atoms with E-state index in [-0.39, 0.29) is 18.8 Å². The van der Waals surface area contributed by atoms with Crippen molar-refractivity contribution in [3.8, 4) is 22.9 Å². The first-order chi connectivity index (χ1) is 15.0. The van der Waals surface area contributed by atoms with Crippen LogP contribution in [0.5, 0.6) is 5.75 Å². The van der Waals surface area contributed by atoms with Crippen LogP contribution in [0.2, 0.25) is 0 Å². The average molecular weight is 427 g/mol. The second-order valence-electron chi connectivity index (χ2n) is 6.72. The third kappa shape index (κ3) is 4.71. The van der Waals surface area contributed by atoms with Gasteiger partial charge in [0.15, 0.2) is 30.0 Å². The maximum atomic E-state index is 15.5. The van der Waals surface area contributed by atoms with Crippen molar-refractivity contribution in [2.24, 2.45) is 0 Å². The van der Waals surface area contributed by atoms with Gasteiger partial charge in [0.1, 0.15) is 0 Å². The number of halogens is 3. The molecule has 0 spiro atoms. The highest BCUT2D eigenvalue weighted by atomic mass is 19.2. The molecular formula is C24H20F3NO3. The molecule has 0 heterocycles. The quantitative estimate of drug-likeness (QED) is 0.349. The van der Waals surface area contributed by atoms with E-state index >= 15 is 13.2 Å². The number of methoxy groups -OCH3 is 2. The smallest absolute Gasteiger partial charge is 0.188 e. The normalized spacial score (nSPS) is 11.7. The van der Waals surface area contributed by atoms with Crippen LogP contribution < -0.4 is 4.74 Å². The fraction of sp³-hybridized carbons (Fsp3) is 0.208. The molecule has 0 fully saturated rings. The summed E-state index contributed by atoms with van der Waals surface area (Å²) in [5.41, 5.74) is 0.281. The van der Waals surface area contributed by atoms with Gasteiger partial charge >= 0.3 is 0 Å². The first kappa shape index (κ1) is 22.3. The fourth-order valence-corrected chi connectivity index (χ4v) is 3.35. The molecule has 0 bridgehead atoms. The summed E-state index contributed by atoms with van der Waals surface area (Å²) >= 11 is 0. The van der Waals surface area contributed by atoms with Crippen molar-refractivity contribution in [1.82, 2.24) is 0 Å². The zero-order valence-electron chi connectivity index (χ0n) is 17.0. The van der Waals surface area contributed by atoms with E-state index in [2.05, 4.69) is 0 Å². The molecule has 31 heavy (non-hydrogen) atoms. The molecule has 0 amide bonds. The maximum absolute atomic E-state index is 15.5. The van der Waals surface area contributed by atoms with Gasteiger partial charge in [-0.2, -0.15) is 5.26 Å². The van der Waals surface area contributed by atoms with Gasteiger partial charge in [-0.25, -0.2) is 13.2 Å². The number of ether oxygens (including phenoxy) is 3. The van der Waals surface area contributed by atoms with E-state index in [1.54, 1.807) is 42.5 Å². The molecule has 4 nitrogen and oxygen atoms in total. The minimum absolute atomic E-state index is 0.0653. The third-order valence-corrected chi connectivity index (χ3v) is 4.78. The van der Waals surface area contributed by atoms with Gasteiger partial charge in [0.2, 0.25) is 0 Å². The number of nitrogens with zero attached hydrogens (tertiary/aromatic N) is 1. The highest BCUT2D eigenvalue weighted by molar-refractivity contribution is 5.68. The van der Waals surface area contributed by atoms with E-state index in [1.807, 2.05) is 6.07 Å². The van der Waals surface area contributed by atoms with Crippen molar-refractivity contribution in [2.75, 3.05) is 21.0 Å². The predicted octanol–water partition coefficient (Wildman–Crippen LogP) is 5.56. The number of nitriles is 1. The van der Waals surface area contributed by atoms with Gasteiger partial charge < -0.3 is 14.2 Å². The standard InChI is InChI=1S/C24H20F3NO3/c1-29-14-31-24-20(18(30-2)12-15-7-6-8-16(11-15)13-28)22(26)21(25)19(23(24)27)17-9-4-3-5-10-17/h3-11,18H,12,14H2,1-2H3. The molecule has 3 rings (SSSR count). The SMILES string of the molecule is COCOc1c(F)c(-c2ccccc2)c(F)c(F)c1C(Cc1cccc(C#N)c1)OC. The first-order valence-corrected chi connectivity index (χ1v) is 9.41. The molecule has 0 radical (unpaired) electrons. The molecule has 7 heteroatoms. The Hall–Kier alpha value is -3.34. The van der Waals surface area contributed by atoms with Crippen LogP contribution in [0.3, 0.4) is 0 Å². The first-order valence-electron chi connectivity index (χ1n) is 9.41. The van der Waals surface area contributed by atoms with Crippen molar-refractivity contribution in [3.63, 3.8) is 0 Å². The lowest BCUT2D eigenvalue weighted by Gasteiger charge is -2.23. The molecule has 1 unspecified atom stereocenters. The van der Waals surface area contributed by atoms with Crippen LogP contribution in [-0.4, -0.2) is 21.0 Å². The minimum atomic E-state index is -1.34.